The molecule has 0 fully saturated rings. The van der Waals surface area contributed by atoms with Crippen LogP contribution in [0.4, 0.5) is 5.69 Å². The van der Waals surface area contributed by atoms with Crippen molar-refractivity contribution in [3.05, 3.63) is 77.6 Å². The first-order valence-electron chi connectivity index (χ1n) is 9.39. The highest BCUT2D eigenvalue weighted by atomic mass is 32.2. The van der Waals surface area contributed by atoms with E-state index in [1.807, 2.05) is 54.8 Å². The average Bonchev–Trinajstić information content (AvgIpc) is 3.34. The number of thioether (sulfide) groups is 1. The van der Waals surface area contributed by atoms with E-state index in [0.29, 0.717) is 22.0 Å². The second kappa shape index (κ2) is 9.51. The number of hydrogen-bond acceptors (Lipinski definition) is 7. The molecule has 0 bridgehead atoms. The first kappa shape index (κ1) is 20.7. The van der Waals surface area contributed by atoms with Crippen LogP contribution in [-0.2, 0) is 4.79 Å². The fraction of sp³-hybridized carbons (Fsp3) is 0.0870. The minimum atomic E-state index is -0.165. The van der Waals surface area contributed by atoms with Crippen LogP contribution in [0.25, 0.3) is 21.8 Å². The number of carbonyl (C=O) groups is 1. The molecule has 3 heterocycles. The smallest absolute Gasteiger partial charge is 0.234 e. The Labute approximate surface area is 188 Å². The van der Waals surface area contributed by atoms with Crippen LogP contribution in [0, 0.1) is 18.3 Å². The second-order valence-electron chi connectivity index (χ2n) is 6.62. The van der Waals surface area contributed by atoms with Crippen LogP contribution in [-0.4, -0.2) is 26.6 Å². The van der Waals surface area contributed by atoms with Crippen molar-refractivity contribution < 1.29 is 4.79 Å². The molecule has 4 aromatic rings. The molecule has 8 heteroatoms. The summed E-state index contributed by atoms with van der Waals surface area (Å²) in [6.45, 7) is 1.99. The predicted octanol–water partition coefficient (Wildman–Crippen LogP) is 5.18. The zero-order valence-corrected chi connectivity index (χ0v) is 18.2. The van der Waals surface area contributed by atoms with Gasteiger partial charge in [0.2, 0.25) is 5.91 Å². The topological polar surface area (TPSA) is 91.6 Å². The second-order valence-corrected chi connectivity index (χ2v) is 8.53. The highest BCUT2D eigenvalue weighted by molar-refractivity contribution is 8.00. The minimum absolute atomic E-state index is 0.128. The summed E-state index contributed by atoms with van der Waals surface area (Å²) in [7, 11) is 0. The number of nitriles is 1. The Morgan fingerprint density at radius 2 is 2.03 bits per heavy atom. The van der Waals surface area contributed by atoms with Crippen molar-refractivity contribution in [2.24, 2.45) is 0 Å². The molecule has 4 rings (SSSR count). The van der Waals surface area contributed by atoms with E-state index in [1.165, 1.54) is 11.8 Å². The van der Waals surface area contributed by atoms with Crippen LogP contribution < -0.4 is 5.32 Å². The number of amides is 1. The van der Waals surface area contributed by atoms with Crippen LogP contribution >= 0.6 is 23.1 Å². The lowest BCUT2D eigenvalue weighted by Gasteiger charge is -2.11. The third-order valence-electron chi connectivity index (χ3n) is 4.39. The third kappa shape index (κ3) is 4.97. The third-order valence-corrected chi connectivity index (χ3v) is 6.26. The van der Waals surface area contributed by atoms with Crippen LogP contribution in [0.5, 0.6) is 0 Å². The van der Waals surface area contributed by atoms with Crippen molar-refractivity contribution in [2.75, 3.05) is 11.1 Å². The van der Waals surface area contributed by atoms with E-state index >= 15 is 0 Å². The number of hydrogen-bond donors (Lipinski definition) is 1. The molecule has 1 amide bonds. The number of aromatic nitrogens is 3. The standard InChI is InChI=1S/C23H17N5OS2/c1-15-4-6-16(7-5-15)27-22(29)14-31-23-18(12-24)17(21-3-2-10-30-21)11-19(28-23)20-13-25-8-9-26-20/h2-11,13H,14H2,1H3,(H,27,29). The molecule has 1 N–H and O–H groups in total. The number of benzene rings is 1. The van der Waals surface area contributed by atoms with Crippen LogP contribution in [0.15, 0.2) is 71.5 Å². The Morgan fingerprint density at radius 1 is 1.19 bits per heavy atom. The molecular formula is C23H17N5OS2. The number of nitrogens with one attached hydrogen (secondary N) is 1. The van der Waals surface area contributed by atoms with Gasteiger partial charge in [-0.2, -0.15) is 5.26 Å². The Balaban J connectivity index is 1.64. The van der Waals surface area contributed by atoms with Gasteiger partial charge >= 0.3 is 0 Å². The lowest BCUT2D eigenvalue weighted by molar-refractivity contribution is -0.113. The summed E-state index contributed by atoms with van der Waals surface area (Å²) in [4.78, 5) is 26.5. The van der Waals surface area contributed by atoms with Gasteiger partial charge in [0.1, 0.15) is 16.8 Å². The first-order valence-corrected chi connectivity index (χ1v) is 11.3. The Bertz CT molecular complexity index is 1230. The van der Waals surface area contributed by atoms with Gasteiger partial charge in [0.05, 0.1) is 23.2 Å². The van der Waals surface area contributed by atoms with Gasteiger partial charge in [0.15, 0.2) is 0 Å². The van der Waals surface area contributed by atoms with E-state index in [-0.39, 0.29) is 11.7 Å². The predicted molar refractivity (Wildman–Crippen MR) is 124 cm³/mol. The highest BCUT2D eigenvalue weighted by Gasteiger charge is 2.18. The van der Waals surface area contributed by atoms with Crippen LogP contribution in [0.3, 0.4) is 0 Å². The minimum Gasteiger partial charge on any atom is -0.325 e. The van der Waals surface area contributed by atoms with Crippen LogP contribution in [0.1, 0.15) is 11.1 Å². The number of aryl methyl sites for hydroxylation is 1. The molecule has 0 atom stereocenters. The summed E-state index contributed by atoms with van der Waals surface area (Å²) >= 11 is 2.78. The summed E-state index contributed by atoms with van der Waals surface area (Å²) in [5, 5.41) is 15.2. The van der Waals surface area contributed by atoms with E-state index in [9.17, 15) is 10.1 Å². The summed E-state index contributed by atoms with van der Waals surface area (Å²) in [5.41, 5.74) is 4.29. The molecule has 0 saturated carbocycles. The van der Waals surface area contributed by atoms with E-state index in [0.717, 1.165) is 21.7 Å². The maximum absolute atomic E-state index is 12.5. The van der Waals surface area contributed by atoms with E-state index < -0.39 is 0 Å². The fourth-order valence-corrected chi connectivity index (χ4v) is 4.44. The van der Waals surface area contributed by atoms with Crippen LogP contribution in [0.2, 0.25) is 0 Å². The number of carbonyl (C=O) groups excluding carboxylic acids is 1. The molecule has 31 heavy (non-hydrogen) atoms. The summed E-state index contributed by atoms with van der Waals surface area (Å²) in [6, 6.07) is 15.6. The number of thiophene rings is 1. The van der Waals surface area contributed by atoms with Gasteiger partial charge in [-0.05, 0) is 36.6 Å². The van der Waals surface area contributed by atoms with E-state index in [4.69, 9.17) is 0 Å². The molecule has 1 aromatic carbocycles. The fourth-order valence-electron chi connectivity index (χ4n) is 2.89. The number of anilines is 1. The molecular weight excluding hydrogens is 426 g/mol. The SMILES string of the molecule is Cc1ccc(NC(=O)CSc2nc(-c3cnccn3)cc(-c3cccs3)c2C#N)cc1. The summed E-state index contributed by atoms with van der Waals surface area (Å²) in [5.74, 6) is -0.0364. The molecule has 0 unspecified atom stereocenters. The number of pyridine rings is 1. The molecule has 0 spiro atoms. The van der Waals surface area contributed by atoms with Gasteiger partial charge in [-0.25, -0.2) is 4.98 Å². The van der Waals surface area contributed by atoms with Crippen molar-refractivity contribution in [3.8, 4) is 27.9 Å². The number of rotatable bonds is 6. The van der Waals surface area contributed by atoms with Crippen molar-refractivity contribution in [1.29, 1.82) is 5.26 Å². The van der Waals surface area contributed by atoms with E-state index in [1.54, 1.807) is 29.9 Å². The van der Waals surface area contributed by atoms with Gasteiger partial charge in [-0.1, -0.05) is 35.5 Å². The van der Waals surface area contributed by atoms with Gasteiger partial charge in [0, 0.05) is 28.5 Å². The Kier molecular flexibility index (Phi) is 6.36. The maximum atomic E-state index is 12.5. The molecule has 0 aliphatic rings. The normalized spacial score (nSPS) is 10.5. The molecule has 3 aromatic heterocycles. The maximum Gasteiger partial charge on any atom is 0.234 e. The quantitative estimate of drug-likeness (QED) is 0.413. The average molecular weight is 444 g/mol. The Morgan fingerprint density at radius 3 is 2.71 bits per heavy atom. The lowest BCUT2D eigenvalue weighted by Crippen LogP contribution is -2.14. The number of nitrogens with zero attached hydrogens (tertiary/aromatic N) is 4. The van der Waals surface area contributed by atoms with Gasteiger partial charge < -0.3 is 5.32 Å². The molecule has 0 aliphatic carbocycles. The molecule has 0 radical (unpaired) electrons. The van der Waals surface area contributed by atoms with Gasteiger partial charge in [0.25, 0.3) is 0 Å². The van der Waals surface area contributed by atoms with E-state index in [2.05, 4.69) is 26.3 Å². The van der Waals surface area contributed by atoms with Gasteiger partial charge in [-0.15, -0.1) is 11.3 Å². The molecule has 152 valence electrons. The summed E-state index contributed by atoms with van der Waals surface area (Å²) in [6.07, 6.45) is 4.82. The zero-order chi connectivity index (χ0) is 21.6. The largest absolute Gasteiger partial charge is 0.325 e. The van der Waals surface area contributed by atoms with Crippen molar-refractivity contribution >= 4 is 34.7 Å². The lowest BCUT2D eigenvalue weighted by atomic mass is 10.1. The monoisotopic (exact) mass is 443 g/mol. The highest BCUT2D eigenvalue weighted by Crippen LogP contribution is 2.35. The molecule has 6 nitrogen and oxygen atoms in total. The molecule has 0 saturated heterocycles. The molecule has 0 aliphatic heterocycles. The van der Waals surface area contributed by atoms with Crippen molar-refractivity contribution in [2.45, 2.75) is 11.9 Å². The van der Waals surface area contributed by atoms with Crippen molar-refractivity contribution in [1.82, 2.24) is 15.0 Å². The van der Waals surface area contributed by atoms with Gasteiger partial charge in [-0.3, -0.25) is 14.8 Å². The zero-order valence-electron chi connectivity index (χ0n) is 16.6. The first-order chi connectivity index (χ1) is 15.1. The summed E-state index contributed by atoms with van der Waals surface area (Å²) < 4.78 is 0. The Hall–Kier alpha value is -3.54. The van der Waals surface area contributed by atoms with Crippen molar-refractivity contribution in [3.63, 3.8) is 0 Å².